The number of carboxylic acids is 1. The van der Waals surface area contributed by atoms with Crippen LogP contribution in [0.2, 0.25) is 0 Å². The maximum Gasteiger partial charge on any atom is 0.332 e. The Morgan fingerprint density at radius 3 is 2.71 bits per heavy atom. The smallest absolute Gasteiger partial charge is 0.332 e. The van der Waals surface area contributed by atoms with E-state index in [1.54, 1.807) is 0 Å². The van der Waals surface area contributed by atoms with Crippen LogP contribution in [0.1, 0.15) is 5.56 Å². The molecule has 2 N–H and O–H groups in total. The number of hydrogen-bond acceptors (Lipinski definition) is 4. The second-order valence-electron chi connectivity index (χ2n) is 2.52. The topological polar surface area (TPSA) is 113 Å². The van der Waals surface area contributed by atoms with E-state index in [-0.39, 0.29) is 5.56 Å². The van der Waals surface area contributed by atoms with Gasteiger partial charge in [-0.1, -0.05) is 0 Å². The molecule has 0 radical (unpaired) electrons. The van der Waals surface area contributed by atoms with Crippen LogP contribution in [0.4, 0.5) is 5.69 Å². The van der Waals surface area contributed by atoms with Gasteiger partial charge in [0.05, 0.1) is 17.5 Å². The van der Waals surface area contributed by atoms with Crippen molar-refractivity contribution in [3.8, 4) is 0 Å². The molecule has 1 heterocycles. The molecule has 14 heavy (non-hydrogen) atoms. The maximum absolute atomic E-state index is 11.2. The summed E-state index contributed by atoms with van der Waals surface area (Å²) in [6, 6.07) is 0. The molecule has 0 amide bonds. The van der Waals surface area contributed by atoms with E-state index < -0.39 is 28.4 Å². The third-order valence-electron chi connectivity index (χ3n) is 1.54. The summed E-state index contributed by atoms with van der Waals surface area (Å²) in [5, 5.41) is 18.7. The van der Waals surface area contributed by atoms with Crippen LogP contribution in [0.3, 0.4) is 0 Å². The summed E-state index contributed by atoms with van der Waals surface area (Å²) in [5.74, 6) is -1.21. The van der Waals surface area contributed by atoms with Crippen molar-refractivity contribution < 1.29 is 14.8 Å². The fraction of sp³-hybridized carbons (Fsp3) is 0.143. The van der Waals surface area contributed by atoms with E-state index in [2.05, 4.69) is 4.98 Å². The second-order valence-corrected chi connectivity index (χ2v) is 2.52. The summed E-state index contributed by atoms with van der Waals surface area (Å²) in [7, 11) is 0. The Labute approximate surface area is 77.2 Å². The predicted octanol–water partition coefficient (Wildman–Crippen LogP) is -0.0898. The Kier molecular flexibility index (Phi) is 2.61. The van der Waals surface area contributed by atoms with Crippen molar-refractivity contribution >= 4 is 11.7 Å². The Morgan fingerprint density at radius 2 is 2.21 bits per heavy atom. The third-order valence-corrected chi connectivity index (χ3v) is 1.54. The molecule has 74 valence electrons. The van der Waals surface area contributed by atoms with E-state index in [0.29, 0.717) is 0 Å². The molecule has 0 saturated carbocycles. The highest BCUT2D eigenvalue weighted by atomic mass is 16.6. The van der Waals surface area contributed by atoms with E-state index >= 15 is 0 Å². The highest BCUT2D eigenvalue weighted by Gasteiger charge is 2.16. The number of nitrogens with zero attached hydrogens (tertiary/aromatic N) is 1. The van der Waals surface area contributed by atoms with Crippen molar-refractivity contribution in [1.29, 1.82) is 0 Å². The first kappa shape index (κ1) is 9.90. The Balaban J connectivity index is 3.21. The first-order valence-electron chi connectivity index (χ1n) is 3.58. The molecular weight excluding hydrogens is 192 g/mol. The van der Waals surface area contributed by atoms with Gasteiger partial charge < -0.3 is 10.1 Å². The summed E-state index contributed by atoms with van der Waals surface area (Å²) in [6.45, 7) is 0. The van der Waals surface area contributed by atoms with Crippen molar-refractivity contribution in [2.45, 2.75) is 6.42 Å². The number of hydrogen-bond donors (Lipinski definition) is 2. The molecule has 0 atom stereocenters. The first-order chi connectivity index (χ1) is 6.52. The van der Waals surface area contributed by atoms with Crippen molar-refractivity contribution in [3.05, 3.63) is 38.3 Å². The molecule has 0 aliphatic heterocycles. The van der Waals surface area contributed by atoms with Crippen molar-refractivity contribution in [1.82, 2.24) is 4.98 Å². The van der Waals surface area contributed by atoms with Gasteiger partial charge in [-0.2, -0.15) is 0 Å². The molecule has 1 aromatic rings. The number of nitro groups is 1. The van der Waals surface area contributed by atoms with E-state index in [1.165, 1.54) is 0 Å². The molecule has 0 aliphatic rings. The molecule has 0 spiro atoms. The van der Waals surface area contributed by atoms with E-state index in [1.807, 2.05) is 0 Å². The Hall–Kier alpha value is -2.18. The minimum atomic E-state index is -1.21. The molecular formula is C7H6N2O5. The zero-order chi connectivity index (χ0) is 10.7. The predicted molar refractivity (Wildman–Crippen MR) is 45.1 cm³/mol. The first-order valence-corrected chi connectivity index (χ1v) is 3.58. The number of pyridine rings is 1. The molecule has 0 unspecified atom stereocenters. The van der Waals surface area contributed by atoms with Gasteiger partial charge in [0.25, 0.3) is 5.43 Å². The van der Waals surface area contributed by atoms with E-state index in [9.17, 15) is 19.7 Å². The zero-order valence-electron chi connectivity index (χ0n) is 6.89. The highest BCUT2D eigenvalue weighted by Crippen LogP contribution is 2.02. The number of aromatic nitrogens is 1. The molecule has 0 aliphatic carbocycles. The van der Waals surface area contributed by atoms with Crippen LogP contribution in [-0.2, 0) is 11.2 Å². The summed E-state index contributed by atoms with van der Waals surface area (Å²) in [4.78, 5) is 33.3. The average Bonchev–Trinajstić information content (AvgIpc) is 2.07. The number of H-pyrrole nitrogens is 1. The van der Waals surface area contributed by atoms with Gasteiger partial charge in [0.1, 0.15) is 0 Å². The largest absolute Gasteiger partial charge is 0.481 e. The van der Waals surface area contributed by atoms with Crippen molar-refractivity contribution in [3.63, 3.8) is 0 Å². The molecule has 1 aromatic heterocycles. The van der Waals surface area contributed by atoms with Crippen LogP contribution in [0.25, 0.3) is 0 Å². The standard InChI is InChI=1S/C7H6N2O5/c10-6(11)1-4-2-8-3-5(7(4)12)9(13)14/h2-3H,1H2,(H,8,12)(H,10,11). The van der Waals surface area contributed by atoms with Crippen LogP contribution in [0.5, 0.6) is 0 Å². The number of carboxylic acid groups (broad SMARTS) is 1. The van der Waals surface area contributed by atoms with Crippen molar-refractivity contribution in [2.24, 2.45) is 0 Å². The Morgan fingerprint density at radius 1 is 1.57 bits per heavy atom. The van der Waals surface area contributed by atoms with E-state index in [0.717, 1.165) is 12.4 Å². The molecule has 1 rings (SSSR count). The van der Waals surface area contributed by atoms with Gasteiger partial charge in [-0.15, -0.1) is 0 Å². The van der Waals surface area contributed by atoms with Gasteiger partial charge >= 0.3 is 11.7 Å². The monoisotopic (exact) mass is 198 g/mol. The summed E-state index contributed by atoms with van der Waals surface area (Å²) in [5.41, 5.74) is -1.65. The lowest BCUT2D eigenvalue weighted by Crippen LogP contribution is -2.16. The van der Waals surface area contributed by atoms with Crippen LogP contribution < -0.4 is 5.43 Å². The number of rotatable bonds is 3. The van der Waals surface area contributed by atoms with Crippen LogP contribution in [0.15, 0.2) is 17.2 Å². The van der Waals surface area contributed by atoms with Gasteiger partial charge in [-0.05, 0) is 0 Å². The quantitative estimate of drug-likeness (QED) is 0.520. The second kappa shape index (κ2) is 3.69. The molecule has 0 aromatic carbocycles. The highest BCUT2D eigenvalue weighted by molar-refractivity contribution is 5.70. The van der Waals surface area contributed by atoms with Gasteiger partial charge in [0, 0.05) is 11.8 Å². The lowest BCUT2D eigenvalue weighted by Gasteiger charge is -1.95. The maximum atomic E-state index is 11.2. The summed E-state index contributed by atoms with van der Waals surface area (Å²) in [6.07, 6.45) is 1.54. The van der Waals surface area contributed by atoms with Crippen LogP contribution >= 0.6 is 0 Å². The minimum Gasteiger partial charge on any atom is -0.481 e. The summed E-state index contributed by atoms with van der Waals surface area (Å²) >= 11 is 0. The van der Waals surface area contributed by atoms with Gasteiger partial charge in [-0.25, -0.2) is 0 Å². The van der Waals surface area contributed by atoms with Gasteiger partial charge in [0.15, 0.2) is 0 Å². The third kappa shape index (κ3) is 1.94. The molecule has 7 heteroatoms. The molecule has 7 nitrogen and oxygen atoms in total. The SMILES string of the molecule is O=C(O)Cc1c[nH]cc([N+](=O)[O-])c1=O. The lowest BCUT2D eigenvalue weighted by molar-refractivity contribution is -0.386. The lowest BCUT2D eigenvalue weighted by atomic mass is 10.2. The molecule has 0 bridgehead atoms. The number of carbonyl (C=O) groups is 1. The zero-order valence-corrected chi connectivity index (χ0v) is 6.89. The van der Waals surface area contributed by atoms with Crippen LogP contribution in [-0.4, -0.2) is 21.0 Å². The van der Waals surface area contributed by atoms with Gasteiger partial charge in [-0.3, -0.25) is 19.7 Å². The fourth-order valence-electron chi connectivity index (χ4n) is 0.947. The normalized spacial score (nSPS) is 9.71. The number of aliphatic carboxylic acids is 1. The van der Waals surface area contributed by atoms with E-state index in [4.69, 9.17) is 5.11 Å². The van der Waals surface area contributed by atoms with Gasteiger partial charge in [0.2, 0.25) is 0 Å². The number of aromatic amines is 1. The molecule has 0 fully saturated rings. The Bertz CT molecular complexity index is 436. The fourth-order valence-corrected chi connectivity index (χ4v) is 0.947. The number of nitrogens with one attached hydrogen (secondary N) is 1. The average molecular weight is 198 g/mol. The summed E-state index contributed by atoms with van der Waals surface area (Å²) < 4.78 is 0. The van der Waals surface area contributed by atoms with Crippen LogP contribution in [0, 0.1) is 10.1 Å². The molecule has 0 saturated heterocycles. The minimum absolute atomic E-state index is 0.133. The van der Waals surface area contributed by atoms with Crippen molar-refractivity contribution in [2.75, 3.05) is 0 Å².